The summed E-state index contributed by atoms with van der Waals surface area (Å²) in [7, 11) is 0. The maximum absolute atomic E-state index is 5.56. The molecule has 0 radical (unpaired) electrons. The van der Waals surface area contributed by atoms with Crippen LogP contribution in [0.4, 0.5) is 0 Å². The Hall–Kier alpha value is -0.0400. The molecular weight excluding hydrogens is 244 g/mol. The average Bonchev–Trinajstić information content (AvgIpc) is 2.25. The molecule has 0 aromatic rings. The predicted octanol–water partition coefficient (Wildman–Crippen LogP) is 2.71. The van der Waals surface area contributed by atoms with Crippen LogP contribution in [0.2, 0.25) is 0 Å². The van der Waals surface area contributed by atoms with Gasteiger partial charge in [0.1, 0.15) is 0 Å². The van der Waals surface area contributed by atoms with Crippen molar-refractivity contribution >= 4 is 15.9 Å². The molecule has 0 amide bonds. The number of rotatable bonds is 4. The van der Waals surface area contributed by atoms with E-state index in [2.05, 4.69) is 27.8 Å². The number of alkyl halides is 1. The maximum Gasteiger partial charge on any atom is 0.157 e. The first-order valence-corrected chi connectivity index (χ1v) is 6.30. The highest BCUT2D eigenvalue weighted by atomic mass is 79.9. The topological polar surface area (TPSA) is 18.5 Å². The van der Waals surface area contributed by atoms with Gasteiger partial charge in [-0.25, -0.2) is 0 Å². The zero-order valence-electron chi connectivity index (χ0n) is 8.43. The van der Waals surface area contributed by atoms with Crippen LogP contribution < -0.4 is 0 Å². The van der Waals surface area contributed by atoms with Gasteiger partial charge in [-0.05, 0) is 25.7 Å². The molecule has 1 atom stereocenters. The van der Waals surface area contributed by atoms with Crippen LogP contribution in [0.3, 0.4) is 0 Å². The van der Waals surface area contributed by atoms with Crippen molar-refractivity contribution in [3.63, 3.8) is 0 Å². The van der Waals surface area contributed by atoms with Crippen molar-refractivity contribution in [3.8, 4) is 11.8 Å². The Morgan fingerprint density at radius 1 is 1.36 bits per heavy atom. The van der Waals surface area contributed by atoms with Gasteiger partial charge in [-0.2, -0.15) is 0 Å². The minimum absolute atomic E-state index is 0.0490. The van der Waals surface area contributed by atoms with Crippen LogP contribution in [0, 0.1) is 11.8 Å². The molecule has 2 nitrogen and oxygen atoms in total. The zero-order valence-corrected chi connectivity index (χ0v) is 10.0. The molecule has 0 N–H and O–H groups in total. The molecule has 1 heterocycles. The lowest BCUT2D eigenvalue weighted by Gasteiger charge is -2.22. The quantitative estimate of drug-likeness (QED) is 0.440. The van der Waals surface area contributed by atoms with Crippen molar-refractivity contribution in [1.29, 1.82) is 0 Å². The molecule has 0 spiro atoms. The van der Waals surface area contributed by atoms with E-state index in [1.54, 1.807) is 0 Å². The first kappa shape index (κ1) is 12.0. The van der Waals surface area contributed by atoms with E-state index < -0.39 is 0 Å². The van der Waals surface area contributed by atoms with Crippen LogP contribution in [0.1, 0.15) is 32.1 Å². The lowest BCUT2D eigenvalue weighted by molar-refractivity contribution is -0.162. The van der Waals surface area contributed by atoms with Gasteiger partial charge in [-0.3, -0.25) is 0 Å². The number of unbranched alkanes of at least 4 members (excludes halogenated alkanes) is 1. The van der Waals surface area contributed by atoms with E-state index in [9.17, 15) is 0 Å². The molecule has 0 bridgehead atoms. The van der Waals surface area contributed by atoms with Gasteiger partial charge in [-0.1, -0.05) is 21.9 Å². The number of hydrogen-bond donors (Lipinski definition) is 0. The van der Waals surface area contributed by atoms with Gasteiger partial charge in [0.05, 0.1) is 11.9 Å². The van der Waals surface area contributed by atoms with Gasteiger partial charge in [0.15, 0.2) is 6.29 Å². The number of ether oxygens (including phenoxy) is 2. The predicted molar refractivity (Wildman–Crippen MR) is 60.3 cm³/mol. The summed E-state index contributed by atoms with van der Waals surface area (Å²) in [5, 5.41) is 0.763. The minimum atomic E-state index is 0.0490. The van der Waals surface area contributed by atoms with Crippen molar-refractivity contribution < 1.29 is 9.47 Å². The monoisotopic (exact) mass is 260 g/mol. The van der Waals surface area contributed by atoms with Crippen molar-refractivity contribution in [2.45, 2.75) is 38.4 Å². The first-order valence-electron chi connectivity index (χ1n) is 5.18. The Labute approximate surface area is 94.5 Å². The summed E-state index contributed by atoms with van der Waals surface area (Å²) in [6, 6.07) is 0. The zero-order chi connectivity index (χ0) is 10.1. The van der Waals surface area contributed by atoms with E-state index in [0.717, 1.165) is 37.8 Å². The van der Waals surface area contributed by atoms with E-state index >= 15 is 0 Å². The standard InChI is InChI=1S/C11H17BrO2/c12-8-4-1-2-5-9-13-11-7-3-6-10-14-11/h11H,2-3,5-10H2. The van der Waals surface area contributed by atoms with E-state index in [1.807, 2.05) is 0 Å². The normalized spacial score (nSPS) is 21.4. The van der Waals surface area contributed by atoms with E-state index in [-0.39, 0.29) is 6.29 Å². The molecule has 1 unspecified atom stereocenters. The Balaban J connectivity index is 1.92. The smallest absolute Gasteiger partial charge is 0.157 e. The summed E-state index contributed by atoms with van der Waals surface area (Å²) in [5.74, 6) is 6.02. The van der Waals surface area contributed by atoms with Crippen molar-refractivity contribution in [3.05, 3.63) is 0 Å². The summed E-state index contributed by atoms with van der Waals surface area (Å²) in [5.41, 5.74) is 0. The van der Waals surface area contributed by atoms with E-state index in [0.29, 0.717) is 0 Å². The van der Waals surface area contributed by atoms with Crippen LogP contribution in [0.15, 0.2) is 0 Å². The Bertz CT molecular complexity index is 189. The third-order valence-corrected chi connectivity index (χ3v) is 2.36. The highest BCUT2D eigenvalue weighted by Gasteiger charge is 2.12. The fourth-order valence-corrected chi connectivity index (χ4v) is 1.55. The first-order chi connectivity index (χ1) is 6.93. The van der Waals surface area contributed by atoms with Crippen molar-refractivity contribution in [2.75, 3.05) is 18.5 Å². The lowest BCUT2D eigenvalue weighted by atomic mass is 10.2. The summed E-state index contributed by atoms with van der Waals surface area (Å²) in [4.78, 5) is 0. The van der Waals surface area contributed by atoms with Crippen LogP contribution in [-0.4, -0.2) is 24.8 Å². The van der Waals surface area contributed by atoms with Gasteiger partial charge in [0, 0.05) is 13.0 Å². The molecule has 0 saturated carbocycles. The van der Waals surface area contributed by atoms with Gasteiger partial charge in [0.2, 0.25) is 0 Å². The second-order valence-electron chi connectivity index (χ2n) is 3.26. The Morgan fingerprint density at radius 3 is 3.00 bits per heavy atom. The summed E-state index contributed by atoms with van der Waals surface area (Å²) >= 11 is 3.26. The molecule has 0 aliphatic carbocycles. The largest absolute Gasteiger partial charge is 0.353 e. The van der Waals surface area contributed by atoms with Crippen molar-refractivity contribution in [2.24, 2.45) is 0 Å². The Kier molecular flexibility index (Phi) is 7.12. The van der Waals surface area contributed by atoms with E-state index in [1.165, 1.54) is 12.8 Å². The van der Waals surface area contributed by atoms with E-state index in [4.69, 9.17) is 9.47 Å². The molecule has 1 saturated heterocycles. The second-order valence-corrected chi connectivity index (χ2v) is 3.82. The second kappa shape index (κ2) is 8.28. The van der Waals surface area contributed by atoms with Crippen LogP contribution in [0.5, 0.6) is 0 Å². The van der Waals surface area contributed by atoms with Gasteiger partial charge in [-0.15, -0.1) is 5.92 Å². The highest BCUT2D eigenvalue weighted by Crippen LogP contribution is 2.13. The average molecular weight is 261 g/mol. The molecule has 0 aromatic heterocycles. The minimum Gasteiger partial charge on any atom is -0.353 e. The van der Waals surface area contributed by atoms with Crippen LogP contribution >= 0.6 is 15.9 Å². The van der Waals surface area contributed by atoms with Gasteiger partial charge in [0.25, 0.3) is 0 Å². The van der Waals surface area contributed by atoms with Crippen molar-refractivity contribution in [1.82, 2.24) is 0 Å². The fraction of sp³-hybridized carbons (Fsp3) is 0.818. The third kappa shape index (κ3) is 5.64. The Morgan fingerprint density at radius 2 is 2.29 bits per heavy atom. The summed E-state index contributed by atoms with van der Waals surface area (Å²) in [6.07, 6.45) is 5.42. The SMILES string of the molecule is BrCC#CCCCOC1CCCCO1. The molecule has 3 heteroatoms. The molecule has 80 valence electrons. The highest BCUT2D eigenvalue weighted by molar-refractivity contribution is 9.09. The molecule has 14 heavy (non-hydrogen) atoms. The summed E-state index contributed by atoms with van der Waals surface area (Å²) in [6.45, 7) is 1.62. The van der Waals surface area contributed by atoms with Gasteiger partial charge < -0.3 is 9.47 Å². The molecule has 1 aliphatic rings. The maximum atomic E-state index is 5.56. The molecule has 1 rings (SSSR count). The fourth-order valence-electron chi connectivity index (χ4n) is 1.35. The van der Waals surface area contributed by atoms with Gasteiger partial charge >= 0.3 is 0 Å². The lowest BCUT2D eigenvalue weighted by Crippen LogP contribution is -2.22. The number of halogens is 1. The molecule has 1 aliphatic heterocycles. The molecule has 0 aromatic carbocycles. The van der Waals surface area contributed by atoms with Crippen LogP contribution in [0.25, 0.3) is 0 Å². The number of hydrogen-bond acceptors (Lipinski definition) is 2. The molecule has 1 fully saturated rings. The molecular formula is C11H17BrO2. The summed E-state index contributed by atoms with van der Waals surface area (Å²) < 4.78 is 11.0. The third-order valence-electron chi connectivity index (χ3n) is 2.08. The van der Waals surface area contributed by atoms with Crippen LogP contribution in [-0.2, 0) is 9.47 Å².